The van der Waals surface area contributed by atoms with Crippen molar-refractivity contribution < 1.29 is 9.52 Å². The summed E-state index contributed by atoms with van der Waals surface area (Å²) in [6.07, 6.45) is 0. The minimum atomic E-state index is 0.199. The van der Waals surface area contributed by atoms with E-state index in [1.165, 1.54) is 11.1 Å². The summed E-state index contributed by atoms with van der Waals surface area (Å²) in [6.45, 7) is 6.70. The molecule has 0 radical (unpaired) electrons. The maximum absolute atomic E-state index is 9.50. The van der Waals surface area contributed by atoms with Gasteiger partial charge in [0.1, 0.15) is 0 Å². The number of aromatic hydroxyl groups is 1. The van der Waals surface area contributed by atoms with Crippen LogP contribution in [0.5, 0.6) is 5.75 Å². The van der Waals surface area contributed by atoms with Crippen molar-refractivity contribution in [3.05, 3.63) is 59.7 Å². The molecule has 3 heteroatoms. The van der Waals surface area contributed by atoms with Crippen LogP contribution in [0.1, 0.15) is 31.9 Å². The van der Waals surface area contributed by atoms with E-state index >= 15 is 0 Å². The van der Waals surface area contributed by atoms with Crippen molar-refractivity contribution in [1.29, 1.82) is 0 Å². The van der Waals surface area contributed by atoms with E-state index in [4.69, 9.17) is 4.42 Å². The van der Waals surface area contributed by atoms with Gasteiger partial charge in [-0.2, -0.15) is 0 Å². The van der Waals surface area contributed by atoms with Crippen LogP contribution in [0.25, 0.3) is 11.0 Å². The van der Waals surface area contributed by atoms with E-state index in [1.807, 2.05) is 12.1 Å². The molecule has 0 amide bonds. The molecule has 0 spiro atoms. The van der Waals surface area contributed by atoms with Crippen LogP contribution in [-0.2, 0) is 10.7 Å². The first-order chi connectivity index (χ1) is 10.4. The zero-order valence-corrected chi connectivity index (χ0v) is 14.8. The molecule has 0 aliphatic rings. The van der Waals surface area contributed by atoms with Crippen LogP contribution in [0.2, 0.25) is 0 Å². The van der Waals surface area contributed by atoms with Crippen LogP contribution < -0.4 is 4.66 Å². The van der Waals surface area contributed by atoms with Crippen molar-refractivity contribution >= 4 is 30.6 Å². The van der Waals surface area contributed by atoms with Gasteiger partial charge in [0, 0.05) is 0 Å². The molecule has 0 aliphatic carbocycles. The Morgan fingerprint density at radius 2 is 1.73 bits per heavy atom. The van der Waals surface area contributed by atoms with Crippen molar-refractivity contribution in [1.82, 2.24) is 0 Å². The van der Waals surface area contributed by atoms with Gasteiger partial charge in [0.05, 0.1) is 0 Å². The number of fused-ring (bicyclic) bond motifs is 1. The van der Waals surface area contributed by atoms with Gasteiger partial charge < -0.3 is 0 Å². The molecule has 0 saturated carbocycles. The fourth-order valence-electron chi connectivity index (χ4n) is 2.33. The van der Waals surface area contributed by atoms with E-state index in [1.54, 1.807) is 12.1 Å². The Hall–Kier alpha value is -1.70. The molecule has 3 aromatic rings. The van der Waals surface area contributed by atoms with E-state index < -0.39 is 0 Å². The Morgan fingerprint density at radius 3 is 2.41 bits per heavy atom. The SMILES string of the molecule is CC(C)(C)c1ccc(C[Se]c2cc3cc(O)ccc3o2)cc1. The van der Waals surface area contributed by atoms with Crippen LogP contribution in [0.4, 0.5) is 0 Å². The Balaban J connectivity index is 1.71. The topological polar surface area (TPSA) is 33.4 Å². The van der Waals surface area contributed by atoms with Crippen molar-refractivity contribution in [3.8, 4) is 5.75 Å². The first-order valence-corrected chi connectivity index (χ1v) is 9.43. The summed E-state index contributed by atoms with van der Waals surface area (Å²) < 4.78 is 6.86. The monoisotopic (exact) mass is 360 g/mol. The number of rotatable bonds is 3. The van der Waals surface area contributed by atoms with Crippen molar-refractivity contribution in [2.45, 2.75) is 31.5 Å². The summed E-state index contributed by atoms with van der Waals surface area (Å²) in [7, 11) is 0. The summed E-state index contributed by atoms with van der Waals surface area (Å²) >= 11 is 0.262. The molecule has 2 aromatic carbocycles. The van der Waals surface area contributed by atoms with E-state index in [0.29, 0.717) is 0 Å². The zero-order valence-electron chi connectivity index (χ0n) is 13.1. The molecule has 0 aliphatic heterocycles. The number of hydrogen-bond donors (Lipinski definition) is 1. The number of furan rings is 1. The minimum absolute atomic E-state index is 0.199. The van der Waals surface area contributed by atoms with Gasteiger partial charge >= 0.3 is 137 Å². The molecular formula is C19H20O2Se. The second kappa shape index (κ2) is 5.83. The van der Waals surface area contributed by atoms with Crippen LogP contribution in [0.3, 0.4) is 0 Å². The predicted octanol–water partition coefficient (Wildman–Crippen LogP) is 3.97. The van der Waals surface area contributed by atoms with Crippen molar-refractivity contribution in [2.24, 2.45) is 0 Å². The van der Waals surface area contributed by atoms with Gasteiger partial charge in [-0.25, -0.2) is 0 Å². The third-order valence-corrected chi connectivity index (χ3v) is 5.70. The average Bonchev–Trinajstić information content (AvgIpc) is 2.86. The number of hydrogen-bond acceptors (Lipinski definition) is 2. The molecule has 3 rings (SSSR count). The van der Waals surface area contributed by atoms with Crippen LogP contribution in [0.15, 0.2) is 52.9 Å². The van der Waals surface area contributed by atoms with Crippen molar-refractivity contribution in [3.63, 3.8) is 0 Å². The van der Waals surface area contributed by atoms with Crippen molar-refractivity contribution in [2.75, 3.05) is 0 Å². The third-order valence-electron chi connectivity index (χ3n) is 3.68. The van der Waals surface area contributed by atoms with E-state index in [9.17, 15) is 5.11 Å². The Bertz CT molecular complexity index is 779. The summed E-state index contributed by atoms with van der Waals surface area (Å²) in [4.78, 5) is 0. The molecular weight excluding hydrogens is 339 g/mol. The Morgan fingerprint density at radius 1 is 1.00 bits per heavy atom. The molecule has 22 heavy (non-hydrogen) atoms. The van der Waals surface area contributed by atoms with Gasteiger partial charge in [-0.05, 0) is 0 Å². The van der Waals surface area contributed by atoms with Gasteiger partial charge in [-0.15, -0.1) is 0 Å². The fourth-order valence-corrected chi connectivity index (χ4v) is 4.14. The number of phenolic OH excluding ortho intramolecular Hbond substituents is 1. The maximum atomic E-state index is 9.50. The van der Waals surface area contributed by atoms with Gasteiger partial charge in [-0.3, -0.25) is 0 Å². The first kappa shape index (κ1) is 15.2. The molecule has 0 bridgehead atoms. The fraction of sp³-hybridized carbons (Fsp3) is 0.263. The Kier molecular flexibility index (Phi) is 4.03. The van der Waals surface area contributed by atoms with E-state index in [0.717, 1.165) is 20.9 Å². The van der Waals surface area contributed by atoms with Gasteiger partial charge in [0.2, 0.25) is 0 Å². The first-order valence-electron chi connectivity index (χ1n) is 7.36. The second-order valence-electron chi connectivity index (χ2n) is 6.52. The molecule has 0 fully saturated rings. The predicted molar refractivity (Wildman–Crippen MR) is 92.1 cm³/mol. The second-order valence-corrected chi connectivity index (χ2v) is 8.58. The normalized spacial score (nSPS) is 12.0. The standard InChI is InChI=1S/C19H20O2Se/c1-19(2,3)15-6-4-13(5-7-15)12-22-18-11-14-10-16(20)8-9-17(14)21-18/h4-11,20H,12H2,1-3H3. The van der Waals surface area contributed by atoms with Gasteiger partial charge in [0.15, 0.2) is 0 Å². The van der Waals surface area contributed by atoms with Crippen LogP contribution >= 0.6 is 0 Å². The number of benzene rings is 2. The van der Waals surface area contributed by atoms with E-state index in [-0.39, 0.29) is 26.1 Å². The summed E-state index contributed by atoms with van der Waals surface area (Å²) in [5, 5.41) is 11.5. The Labute approximate surface area is 137 Å². The average molecular weight is 359 g/mol. The molecule has 0 atom stereocenters. The van der Waals surface area contributed by atoms with E-state index in [2.05, 4.69) is 45.0 Å². The summed E-state index contributed by atoms with van der Waals surface area (Å²) in [6, 6.07) is 16.2. The summed E-state index contributed by atoms with van der Waals surface area (Å²) in [5.74, 6) is 0.283. The zero-order chi connectivity index (χ0) is 15.7. The molecule has 1 aromatic heterocycles. The molecule has 2 nitrogen and oxygen atoms in total. The summed E-state index contributed by atoms with van der Waals surface area (Å²) in [5.41, 5.74) is 3.75. The quantitative estimate of drug-likeness (QED) is 0.718. The molecule has 0 unspecified atom stereocenters. The molecule has 1 N–H and O–H groups in total. The number of phenols is 1. The van der Waals surface area contributed by atoms with Crippen LogP contribution in [-0.4, -0.2) is 20.1 Å². The van der Waals surface area contributed by atoms with Crippen LogP contribution in [0, 0.1) is 0 Å². The molecule has 0 saturated heterocycles. The van der Waals surface area contributed by atoms with Gasteiger partial charge in [-0.1, -0.05) is 0 Å². The molecule has 1 heterocycles. The molecule has 114 valence electrons. The van der Waals surface area contributed by atoms with Gasteiger partial charge in [0.25, 0.3) is 0 Å². The third kappa shape index (κ3) is 3.37.